The van der Waals surface area contributed by atoms with Crippen LogP contribution < -0.4 is 9.30 Å². The summed E-state index contributed by atoms with van der Waals surface area (Å²) in [4.78, 5) is 4.85. The Morgan fingerprint density at radius 1 is 0.627 bits per heavy atom. The van der Waals surface area contributed by atoms with E-state index in [9.17, 15) is 0 Å². The number of hydrogen-bond donors (Lipinski definition) is 0. The number of pyridine rings is 1. The van der Waals surface area contributed by atoms with E-state index in [1.807, 2.05) is 23.0 Å². The molecule has 5 nitrogen and oxygen atoms in total. The monoisotopic (exact) mass is 949 g/mol. The molecule has 0 radical (unpaired) electrons. The van der Waals surface area contributed by atoms with Crippen molar-refractivity contribution in [2.45, 2.75) is 59.3 Å². The molecule has 0 unspecified atom stereocenters. The Labute approximate surface area is 361 Å². The van der Waals surface area contributed by atoms with Crippen molar-refractivity contribution in [3.8, 4) is 50.9 Å². The molecule has 3 aromatic heterocycles. The van der Waals surface area contributed by atoms with Crippen LogP contribution in [0.15, 0.2) is 152 Å². The number of fused-ring (bicyclic) bond motifs is 3. The Morgan fingerprint density at radius 3 is 2.05 bits per heavy atom. The van der Waals surface area contributed by atoms with Crippen LogP contribution in [0.2, 0.25) is 0 Å². The molecule has 0 spiro atoms. The van der Waals surface area contributed by atoms with Gasteiger partial charge in [0.1, 0.15) is 5.82 Å². The maximum Gasteiger partial charge on any atom is 0.267 e. The van der Waals surface area contributed by atoms with Gasteiger partial charge < -0.3 is 13.9 Å². The van der Waals surface area contributed by atoms with Crippen LogP contribution in [0.5, 0.6) is 11.5 Å². The molecule has 0 atom stereocenters. The molecule has 6 aromatic carbocycles. The van der Waals surface area contributed by atoms with Crippen LogP contribution in [-0.2, 0) is 31.9 Å². The Bertz CT molecular complexity index is 2950. The zero-order valence-electron chi connectivity index (χ0n) is 34.4. The predicted molar refractivity (Wildman–Crippen MR) is 235 cm³/mol. The molecule has 0 saturated heterocycles. The van der Waals surface area contributed by atoms with Gasteiger partial charge in [-0.25, -0.2) is 4.98 Å². The molecule has 0 bridgehead atoms. The topological polar surface area (TPSA) is 35.9 Å². The number of hydrogen-bond acceptors (Lipinski definition) is 2. The van der Waals surface area contributed by atoms with Crippen molar-refractivity contribution in [3.63, 3.8) is 0 Å². The van der Waals surface area contributed by atoms with Gasteiger partial charge in [-0.2, -0.15) is 17.7 Å². The summed E-state index contributed by atoms with van der Waals surface area (Å²) in [6, 6.07) is 54.0. The first-order chi connectivity index (χ1) is 27.9. The van der Waals surface area contributed by atoms with Crippen molar-refractivity contribution in [2.75, 3.05) is 0 Å². The van der Waals surface area contributed by atoms with Crippen molar-refractivity contribution in [1.82, 2.24) is 14.1 Å². The number of aromatic nitrogens is 4. The maximum absolute atomic E-state index is 6.71. The van der Waals surface area contributed by atoms with E-state index >= 15 is 0 Å². The summed E-state index contributed by atoms with van der Waals surface area (Å²) in [6.07, 6.45) is 9.62. The second-order valence-electron chi connectivity index (χ2n) is 17.1. The van der Waals surface area contributed by atoms with Crippen molar-refractivity contribution >= 4 is 21.8 Å². The van der Waals surface area contributed by atoms with Gasteiger partial charge in [-0.05, 0) is 92.5 Å². The molecule has 9 aromatic rings. The number of nitrogens with zero attached hydrogens (tertiary/aromatic N) is 4. The van der Waals surface area contributed by atoms with Crippen molar-refractivity contribution in [1.29, 1.82) is 0 Å². The Hall–Kier alpha value is -6.03. The largest absolute Gasteiger partial charge is 0.510 e. The molecule has 0 N–H and O–H groups in total. The summed E-state index contributed by atoms with van der Waals surface area (Å²) in [6.45, 7) is 15.5. The number of ether oxygens (including phenoxy) is 1. The fraction of sp³-hybridized carbons (Fsp3) is 0.170. The average Bonchev–Trinajstić information content (AvgIpc) is 3.84. The second kappa shape index (κ2) is 15.6. The van der Waals surface area contributed by atoms with Gasteiger partial charge in [0.05, 0.1) is 5.69 Å². The predicted octanol–water partition coefficient (Wildman–Crippen LogP) is 12.7. The van der Waals surface area contributed by atoms with Gasteiger partial charge in [0.2, 0.25) is 0 Å². The molecule has 59 heavy (non-hydrogen) atoms. The third-order valence-electron chi connectivity index (χ3n) is 11.0. The summed E-state index contributed by atoms with van der Waals surface area (Å²) in [5.74, 6) is 2.06. The van der Waals surface area contributed by atoms with Gasteiger partial charge in [0.15, 0.2) is 0 Å². The Morgan fingerprint density at radius 2 is 1.32 bits per heavy atom. The first kappa shape index (κ1) is 39.8. The van der Waals surface area contributed by atoms with Crippen LogP contribution in [0.3, 0.4) is 0 Å². The van der Waals surface area contributed by atoms with Gasteiger partial charge in [0.25, 0.3) is 6.33 Å². The van der Waals surface area contributed by atoms with E-state index in [4.69, 9.17) is 9.72 Å². The summed E-state index contributed by atoms with van der Waals surface area (Å²) in [7, 11) is 0. The third-order valence-corrected chi connectivity index (χ3v) is 11.0. The summed E-state index contributed by atoms with van der Waals surface area (Å²) in [5.41, 5.74) is 11.9. The van der Waals surface area contributed by atoms with Crippen LogP contribution in [0.4, 0.5) is 0 Å². The molecule has 0 aliphatic carbocycles. The van der Waals surface area contributed by atoms with Crippen LogP contribution in [0, 0.1) is 25.4 Å². The second-order valence-corrected chi connectivity index (χ2v) is 17.1. The third kappa shape index (κ3) is 7.80. The summed E-state index contributed by atoms with van der Waals surface area (Å²) in [5, 5.41) is 2.23. The zero-order chi connectivity index (χ0) is 40.2. The molecular formula is C53H46N4OPt-2. The van der Waals surface area contributed by atoms with E-state index in [2.05, 4.69) is 210 Å². The minimum atomic E-state index is -0.153. The first-order valence-electron chi connectivity index (χ1n) is 19.9. The SMILES string of the molecule is Cc1c(-c2ccccc2)cc(-c2ccccc2)cc1-[n+]1[c-]n(-c2[c-]c(Oc3[c-]c4c(cc3)c3ccccc3n4-c3cc(C(C)(C)C)ccn3)cc(C(C)(C)C)c2)cc1.[Pt]. The molecule has 6 heteroatoms. The summed E-state index contributed by atoms with van der Waals surface area (Å²) >= 11 is 0. The van der Waals surface area contributed by atoms with E-state index < -0.39 is 0 Å². The fourth-order valence-electron chi connectivity index (χ4n) is 7.69. The average molecular weight is 950 g/mol. The number of imidazole rings is 1. The molecule has 0 saturated carbocycles. The van der Waals surface area contributed by atoms with Crippen LogP contribution >= 0.6 is 0 Å². The van der Waals surface area contributed by atoms with Crippen molar-refractivity contribution in [3.05, 3.63) is 187 Å². The molecule has 0 aliphatic heterocycles. The van der Waals surface area contributed by atoms with Gasteiger partial charge >= 0.3 is 0 Å². The molecule has 3 heterocycles. The first-order valence-corrected chi connectivity index (χ1v) is 19.9. The zero-order valence-corrected chi connectivity index (χ0v) is 36.7. The Balaban J connectivity index is 0.00000484. The van der Waals surface area contributed by atoms with Crippen LogP contribution in [0.1, 0.15) is 58.2 Å². The van der Waals surface area contributed by atoms with Gasteiger partial charge in [-0.1, -0.05) is 126 Å². The van der Waals surface area contributed by atoms with Gasteiger partial charge in [0, 0.05) is 56.7 Å². The fourth-order valence-corrected chi connectivity index (χ4v) is 7.69. The Kier molecular flexibility index (Phi) is 10.5. The van der Waals surface area contributed by atoms with Crippen molar-refractivity contribution < 1.29 is 30.4 Å². The van der Waals surface area contributed by atoms with E-state index in [0.717, 1.165) is 50.1 Å². The van der Waals surface area contributed by atoms with Gasteiger partial charge in [-0.15, -0.1) is 29.7 Å². The minimum Gasteiger partial charge on any atom is -0.510 e. The molecule has 0 fully saturated rings. The molecule has 9 rings (SSSR count). The number of benzene rings is 6. The standard InChI is InChI=1S/C53H46N4O.Pt/c1-36-47(38-18-12-9-13-19-38)28-39(37-16-10-8-11-17-37)29-49(36)56-27-26-55(35-56)42-30-41(53(5,6)7)31-44(33-42)58-43-22-23-46-45-20-14-15-21-48(45)57(50(46)34-43)51-32-40(24-25-54-51)52(2,3)4;/h8-32H,1-7H3;/q-2;. The van der Waals surface area contributed by atoms with E-state index in [1.54, 1.807) is 0 Å². The minimum absolute atomic E-state index is 0. The normalized spacial score (nSPS) is 11.8. The molecular weight excluding hydrogens is 904 g/mol. The molecule has 0 aliphatic rings. The van der Waals surface area contributed by atoms with Crippen LogP contribution in [-0.4, -0.2) is 14.1 Å². The summed E-state index contributed by atoms with van der Waals surface area (Å²) < 4.78 is 13.0. The number of rotatable bonds is 7. The van der Waals surface area contributed by atoms with E-state index in [1.165, 1.54) is 27.8 Å². The number of para-hydroxylation sites is 1. The van der Waals surface area contributed by atoms with Crippen LogP contribution in [0.25, 0.3) is 61.3 Å². The smallest absolute Gasteiger partial charge is 0.267 e. The molecule has 296 valence electrons. The van der Waals surface area contributed by atoms with E-state index in [-0.39, 0.29) is 31.9 Å². The van der Waals surface area contributed by atoms with E-state index in [0.29, 0.717) is 11.5 Å². The molecule has 0 amide bonds. The van der Waals surface area contributed by atoms with Crippen molar-refractivity contribution in [2.24, 2.45) is 0 Å². The van der Waals surface area contributed by atoms with Gasteiger partial charge in [-0.3, -0.25) is 4.57 Å². The maximum atomic E-state index is 6.71. The quantitative estimate of drug-likeness (QED) is 0.118.